The van der Waals surface area contributed by atoms with Crippen LogP contribution in [-0.2, 0) is 6.61 Å². The van der Waals surface area contributed by atoms with Gasteiger partial charge >= 0.3 is 5.97 Å². The number of carboxylic acids is 1. The lowest BCUT2D eigenvalue weighted by molar-refractivity contribution is 0.0696. The molecule has 0 fully saturated rings. The van der Waals surface area contributed by atoms with Gasteiger partial charge in [0.05, 0.1) is 5.56 Å². The van der Waals surface area contributed by atoms with Crippen molar-refractivity contribution >= 4 is 18.1 Å². The largest absolute Gasteiger partial charge is 0.489 e. The van der Waals surface area contributed by atoms with Crippen molar-refractivity contribution in [3.63, 3.8) is 0 Å². The van der Waals surface area contributed by atoms with Crippen LogP contribution in [-0.4, -0.2) is 11.1 Å². The lowest BCUT2D eigenvalue weighted by Gasteiger charge is -2.10. The topological polar surface area (TPSA) is 46.5 Å². The van der Waals surface area contributed by atoms with Gasteiger partial charge in [-0.2, -0.15) is 0 Å². The maximum atomic E-state index is 13.0. The molecule has 0 unspecified atom stereocenters. The summed E-state index contributed by atoms with van der Waals surface area (Å²) < 4.78 is 18.8. The fourth-order valence-electron chi connectivity index (χ4n) is 2.62. The predicted octanol–water partition coefficient (Wildman–Crippen LogP) is 5.58. The van der Waals surface area contributed by atoms with Gasteiger partial charge in [0.2, 0.25) is 0 Å². The molecule has 136 valence electrons. The normalized spacial score (nSPS) is 10.9. The molecule has 3 aromatic rings. The van der Waals surface area contributed by atoms with Crippen LogP contribution in [0.5, 0.6) is 5.75 Å². The fraction of sp³-hybridized carbons (Fsp3) is 0.0870. The van der Waals surface area contributed by atoms with E-state index in [1.807, 2.05) is 31.2 Å². The van der Waals surface area contributed by atoms with Crippen molar-refractivity contribution in [3.8, 4) is 5.75 Å². The van der Waals surface area contributed by atoms with E-state index >= 15 is 0 Å². The first-order valence-corrected chi connectivity index (χ1v) is 8.50. The van der Waals surface area contributed by atoms with Crippen molar-refractivity contribution in [1.29, 1.82) is 0 Å². The molecule has 3 nitrogen and oxygen atoms in total. The van der Waals surface area contributed by atoms with Gasteiger partial charge in [-0.15, -0.1) is 0 Å². The van der Waals surface area contributed by atoms with Crippen LogP contribution in [0.4, 0.5) is 4.39 Å². The van der Waals surface area contributed by atoms with Crippen LogP contribution in [0.15, 0.2) is 66.7 Å². The minimum atomic E-state index is -1.02. The third-order valence-electron chi connectivity index (χ3n) is 4.17. The Labute approximate surface area is 157 Å². The molecule has 3 aromatic carbocycles. The van der Waals surface area contributed by atoms with E-state index in [0.29, 0.717) is 17.9 Å². The molecule has 0 aromatic heterocycles. The molecule has 3 rings (SSSR count). The van der Waals surface area contributed by atoms with E-state index in [1.165, 1.54) is 18.2 Å². The molecular formula is C23H19FO3. The molecule has 0 atom stereocenters. The molecule has 0 saturated heterocycles. The molecule has 0 amide bonds. The van der Waals surface area contributed by atoms with Gasteiger partial charge in [-0.1, -0.05) is 48.6 Å². The lowest BCUT2D eigenvalue weighted by atomic mass is 10.1. The van der Waals surface area contributed by atoms with E-state index in [1.54, 1.807) is 36.4 Å². The number of aryl methyl sites for hydroxylation is 1. The van der Waals surface area contributed by atoms with Crippen molar-refractivity contribution in [1.82, 2.24) is 0 Å². The molecule has 0 radical (unpaired) electrons. The molecule has 0 bridgehead atoms. The molecular weight excluding hydrogens is 343 g/mol. The van der Waals surface area contributed by atoms with E-state index in [2.05, 4.69) is 0 Å². The minimum Gasteiger partial charge on any atom is -0.489 e. The van der Waals surface area contributed by atoms with Gasteiger partial charge in [0.1, 0.15) is 18.2 Å². The van der Waals surface area contributed by atoms with Gasteiger partial charge in [-0.3, -0.25) is 0 Å². The van der Waals surface area contributed by atoms with E-state index < -0.39 is 5.97 Å². The Morgan fingerprint density at radius 2 is 1.70 bits per heavy atom. The van der Waals surface area contributed by atoms with Crippen LogP contribution < -0.4 is 4.74 Å². The maximum Gasteiger partial charge on any atom is 0.335 e. The second kappa shape index (κ2) is 8.32. The first-order chi connectivity index (χ1) is 13.0. The number of hydrogen-bond donors (Lipinski definition) is 1. The number of aromatic carboxylic acids is 1. The third kappa shape index (κ3) is 5.05. The Kier molecular flexibility index (Phi) is 5.67. The minimum absolute atomic E-state index is 0.149. The van der Waals surface area contributed by atoms with Crippen LogP contribution in [0.25, 0.3) is 12.2 Å². The number of halogens is 1. The predicted molar refractivity (Wildman–Crippen MR) is 104 cm³/mol. The summed E-state index contributed by atoms with van der Waals surface area (Å²) in [5.41, 5.74) is 3.82. The highest BCUT2D eigenvalue weighted by Crippen LogP contribution is 2.21. The number of ether oxygens (including phenoxy) is 1. The first-order valence-electron chi connectivity index (χ1n) is 8.50. The van der Waals surface area contributed by atoms with Crippen LogP contribution in [0.1, 0.15) is 32.6 Å². The smallest absolute Gasteiger partial charge is 0.335 e. The second-order valence-corrected chi connectivity index (χ2v) is 6.20. The number of benzene rings is 3. The van der Waals surface area contributed by atoms with Gasteiger partial charge in [0.25, 0.3) is 0 Å². The molecule has 0 aliphatic carbocycles. The van der Waals surface area contributed by atoms with E-state index in [0.717, 1.165) is 16.7 Å². The Balaban J connectivity index is 1.83. The Morgan fingerprint density at radius 3 is 2.41 bits per heavy atom. The molecule has 0 aliphatic rings. The van der Waals surface area contributed by atoms with Crippen molar-refractivity contribution in [2.24, 2.45) is 0 Å². The highest BCUT2D eigenvalue weighted by atomic mass is 19.1. The molecule has 0 aliphatic heterocycles. The number of carbonyl (C=O) groups is 1. The first kappa shape index (κ1) is 18.4. The Morgan fingerprint density at radius 1 is 1.00 bits per heavy atom. The summed E-state index contributed by atoms with van der Waals surface area (Å²) in [4.78, 5) is 11.4. The number of rotatable bonds is 6. The zero-order chi connectivity index (χ0) is 19.2. The summed E-state index contributed by atoms with van der Waals surface area (Å²) in [6.07, 6.45) is 3.58. The van der Waals surface area contributed by atoms with E-state index in [-0.39, 0.29) is 11.4 Å². The summed E-state index contributed by atoms with van der Waals surface area (Å²) in [6.45, 7) is 2.36. The summed E-state index contributed by atoms with van der Waals surface area (Å²) >= 11 is 0. The zero-order valence-corrected chi connectivity index (χ0v) is 14.9. The van der Waals surface area contributed by atoms with Crippen molar-refractivity contribution < 1.29 is 19.0 Å². The van der Waals surface area contributed by atoms with Gasteiger partial charge in [-0.25, -0.2) is 9.18 Å². The summed E-state index contributed by atoms with van der Waals surface area (Å²) in [7, 11) is 0. The number of hydrogen-bond acceptors (Lipinski definition) is 2. The molecule has 0 spiro atoms. The van der Waals surface area contributed by atoms with Crippen LogP contribution in [0, 0.1) is 12.7 Å². The highest BCUT2D eigenvalue weighted by molar-refractivity contribution is 5.89. The van der Waals surface area contributed by atoms with Crippen LogP contribution in [0.2, 0.25) is 0 Å². The fourth-order valence-corrected chi connectivity index (χ4v) is 2.62. The Bertz CT molecular complexity index is 975. The molecule has 1 N–H and O–H groups in total. The van der Waals surface area contributed by atoms with Crippen molar-refractivity contribution in [2.75, 3.05) is 0 Å². The quantitative estimate of drug-likeness (QED) is 0.582. The summed E-state index contributed by atoms with van der Waals surface area (Å²) in [6, 6.07) is 18.8. The van der Waals surface area contributed by atoms with Gasteiger partial charge in [0.15, 0.2) is 0 Å². The highest BCUT2D eigenvalue weighted by Gasteiger charge is 2.08. The van der Waals surface area contributed by atoms with E-state index in [4.69, 9.17) is 4.74 Å². The third-order valence-corrected chi connectivity index (χ3v) is 4.17. The average molecular weight is 362 g/mol. The average Bonchev–Trinajstić information content (AvgIpc) is 2.67. The van der Waals surface area contributed by atoms with Gasteiger partial charge in [-0.05, 0) is 59.5 Å². The number of carboxylic acid groups (broad SMARTS) is 1. The van der Waals surface area contributed by atoms with Crippen LogP contribution in [0.3, 0.4) is 0 Å². The lowest BCUT2D eigenvalue weighted by Crippen LogP contribution is -2.01. The summed E-state index contributed by atoms with van der Waals surface area (Å²) in [5.74, 6) is -0.836. The van der Waals surface area contributed by atoms with Crippen molar-refractivity contribution in [2.45, 2.75) is 13.5 Å². The molecule has 4 heteroatoms. The zero-order valence-electron chi connectivity index (χ0n) is 14.9. The molecule has 27 heavy (non-hydrogen) atoms. The second-order valence-electron chi connectivity index (χ2n) is 6.20. The molecule has 0 heterocycles. The van der Waals surface area contributed by atoms with Crippen molar-refractivity contribution in [3.05, 3.63) is 100 Å². The Hall–Kier alpha value is -3.40. The van der Waals surface area contributed by atoms with Crippen LogP contribution >= 0.6 is 0 Å². The summed E-state index contributed by atoms with van der Waals surface area (Å²) in [5, 5.41) is 9.36. The van der Waals surface area contributed by atoms with Gasteiger partial charge < -0.3 is 9.84 Å². The standard InChI is InChI=1S/C23H19FO3/c1-16-4-2-3-5-19(16)15-27-22-13-18(12-20(14-22)23(25)26)7-6-17-8-10-21(24)11-9-17/h2-14H,15H2,1H3,(H,25,26). The van der Waals surface area contributed by atoms with E-state index in [9.17, 15) is 14.3 Å². The SMILES string of the molecule is Cc1ccccc1COc1cc(C=Cc2ccc(F)cc2)cc(C(=O)O)c1. The maximum absolute atomic E-state index is 13.0. The van der Waals surface area contributed by atoms with Gasteiger partial charge in [0, 0.05) is 0 Å². The molecule has 0 saturated carbocycles. The monoisotopic (exact) mass is 362 g/mol.